The summed E-state index contributed by atoms with van der Waals surface area (Å²) >= 11 is 6.60. The van der Waals surface area contributed by atoms with Crippen molar-refractivity contribution in [3.8, 4) is 28.1 Å². The molecule has 0 saturated carbocycles. The number of alkyl halides is 3. The Balaban J connectivity index is 1.73. The number of nitrogens with one attached hydrogen (secondary N) is 1. The van der Waals surface area contributed by atoms with Crippen LogP contribution in [-0.2, 0) is 13.2 Å². The third kappa shape index (κ3) is 4.32. The van der Waals surface area contributed by atoms with Crippen molar-refractivity contribution in [2.24, 2.45) is 7.05 Å². The van der Waals surface area contributed by atoms with Crippen molar-refractivity contribution >= 4 is 28.3 Å². The molecule has 3 heterocycles. The molecule has 9 heteroatoms. The van der Waals surface area contributed by atoms with Crippen LogP contribution in [0.4, 0.5) is 18.9 Å². The largest absolute Gasteiger partial charge is 0.497 e. The number of ether oxygens (including phenoxy) is 1. The van der Waals surface area contributed by atoms with E-state index in [0.29, 0.717) is 27.2 Å². The van der Waals surface area contributed by atoms with Crippen molar-refractivity contribution in [2.45, 2.75) is 6.18 Å². The fourth-order valence-corrected chi connectivity index (χ4v) is 4.94. The molecule has 2 aromatic heterocycles. The maximum Gasteiger partial charge on any atom is 0.416 e. The second kappa shape index (κ2) is 9.09. The van der Waals surface area contributed by atoms with Crippen LogP contribution in [0.1, 0.15) is 5.56 Å². The quantitative estimate of drug-likeness (QED) is 0.373. The van der Waals surface area contributed by atoms with Crippen LogP contribution in [-0.4, -0.2) is 42.8 Å². The Morgan fingerprint density at radius 3 is 2.37 bits per heavy atom. The van der Waals surface area contributed by atoms with Crippen LogP contribution in [0.5, 0.6) is 5.75 Å². The number of aromatic nitrogens is 2. The summed E-state index contributed by atoms with van der Waals surface area (Å²) in [6.07, 6.45) is -2.93. The van der Waals surface area contributed by atoms with Gasteiger partial charge in [0.1, 0.15) is 11.4 Å². The molecule has 35 heavy (non-hydrogen) atoms. The number of anilines is 1. The zero-order chi connectivity index (χ0) is 24.7. The van der Waals surface area contributed by atoms with E-state index in [0.717, 1.165) is 55.3 Å². The van der Waals surface area contributed by atoms with Gasteiger partial charge in [-0.15, -0.1) is 0 Å². The van der Waals surface area contributed by atoms with Crippen LogP contribution >= 0.6 is 11.6 Å². The average molecular weight is 501 g/mol. The molecule has 0 unspecified atom stereocenters. The van der Waals surface area contributed by atoms with Crippen molar-refractivity contribution in [1.29, 1.82) is 0 Å². The highest BCUT2D eigenvalue weighted by Crippen LogP contribution is 2.45. The Hall–Kier alpha value is -3.23. The zero-order valence-corrected chi connectivity index (χ0v) is 20.0. The van der Waals surface area contributed by atoms with Crippen LogP contribution in [0.3, 0.4) is 0 Å². The third-order valence-corrected chi connectivity index (χ3v) is 6.72. The van der Waals surface area contributed by atoms with E-state index in [9.17, 15) is 13.2 Å². The van der Waals surface area contributed by atoms with Gasteiger partial charge in [0.2, 0.25) is 0 Å². The molecule has 1 aliphatic heterocycles. The molecule has 1 N–H and O–H groups in total. The molecular formula is C26H24ClF3N4O. The van der Waals surface area contributed by atoms with Gasteiger partial charge in [-0.1, -0.05) is 23.7 Å². The van der Waals surface area contributed by atoms with Crippen molar-refractivity contribution < 1.29 is 17.9 Å². The lowest BCUT2D eigenvalue weighted by molar-refractivity contribution is -0.137. The van der Waals surface area contributed by atoms with E-state index in [1.165, 1.54) is 7.11 Å². The van der Waals surface area contributed by atoms with Crippen LogP contribution in [0.25, 0.3) is 33.4 Å². The Kier molecular flexibility index (Phi) is 6.11. The van der Waals surface area contributed by atoms with Gasteiger partial charge in [0.15, 0.2) is 0 Å². The predicted octanol–water partition coefficient (Wildman–Crippen LogP) is 6.00. The first-order valence-electron chi connectivity index (χ1n) is 11.2. The van der Waals surface area contributed by atoms with Gasteiger partial charge in [-0.2, -0.15) is 13.2 Å². The number of hydrogen-bond acceptors (Lipinski definition) is 4. The SMILES string of the molecule is COc1cc(-c2c(-c3ccc(N4CCNCC4)cc3)n(C)c3nccc(Cl)c23)cc(C(F)(F)F)c1. The number of nitrogens with zero attached hydrogens (tertiary/aromatic N) is 3. The maximum atomic E-state index is 13.7. The molecule has 4 aromatic rings. The Morgan fingerprint density at radius 2 is 1.71 bits per heavy atom. The van der Waals surface area contributed by atoms with E-state index in [1.807, 2.05) is 35.9 Å². The predicted molar refractivity (Wildman–Crippen MR) is 133 cm³/mol. The summed E-state index contributed by atoms with van der Waals surface area (Å²) in [5, 5.41) is 4.36. The molecule has 182 valence electrons. The highest BCUT2D eigenvalue weighted by Gasteiger charge is 2.32. The molecule has 0 amide bonds. The molecule has 0 aliphatic carbocycles. The van der Waals surface area contributed by atoms with E-state index in [2.05, 4.69) is 15.2 Å². The van der Waals surface area contributed by atoms with Gasteiger partial charge >= 0.3 is 6.18 Å². The lowest BCUT2D eigenvalue weighted by Gasteiger charge is -2.29. The van der Waals surface area contributed by atoms with Crippen molar-refractivity contribution in [1.82, 2.24) is 14.9 Å². The highest BCUT2D eigenvalue weighted by atomic mass is 35.5. The van der Waals surface area contributed by atoms with Gasteiger partial charge in [0.25, 0.3) is 0 Å². The average Bonchev–Trinajstić information content (AvgIpc) is 3.17. The van der Waals surface area contributed by atoms with E-state index in [4.69, 9.17) is 16.3 Å². The summed E-state index contributed by atoms with van der Waals surface area (Å²) < 4.78 is 48.3. The molecule has 0 atom stereocenters. The minimum absolute atomic E-state index is 0.117. The molecule has 0 radical (unpaired) electrons. The number of benzene rings is 2. The smallest absolute Gasteiger partial charge is 0.416 e. The molecule has 2 aromatic carbocycles. The van der Waals surface area contributed by atoms with E-state index >= 15 is 0 Å². The summed E-state index contributed by atoms with van der Waals surface area (Å²) in [7, 11) is 3.20. The number of halogens is 4. The second-order valence-corrected chi connectivity index (χ2v) is 8.91. The monoisotopic (exact) mass is 500 g/mol. The molecule has 5 rings (SSSR count). The fourth-order valence-electron chi connectivity index (χ4n) is 4.70. The summed E-state index contributed by atoms with van der Waals surface area (Å²) in [6.45, 7) is 3.69. The van der Waals surface area contributed by atoms with Crippen molar-refractivity contribution in [3.63, 3.8) is 0 Å². The van der Waals surface area contributed by atoms with Crippen LogP contribution < -0.4 is 15.0 Å². The summed E-state index contributed by atoms with van der Waals surface area (Å²) in [4.78, 5) is 6.79. The van der Waals surface area contributed by atoms with Crippen LogP contribution in [0.2, 0.25) is 5.02 Å². The number of methoxy groups -OCH3 is 1. The lowest BCUT2D eigenvalue weighted by atomic mass is 9.96. The second-order valence-electron chi connectivity index (χ2n) is 8.51. The van der Waals surface area contributed by atoms with Gasteiger partial charge in [0.05, 0.1) is 23.4 Å². The Labute approximate surface area is 206 Å². The lowest BCUT2D eigenvalue weighted by Crippen LogP contribution is -2.43. The van der Waals surface area contributed by atoms with Gasteiger partial charge in [-0.05, 0) is 47.5 Å². The summed E-state index contributed by atoms with van der Waals surface area (Å²) in [6, 6.07) is 13.5. The van der Waals surface area contributed by atoms with Crippen molar-refractivity contribution in [2.75, 3.05) is 38.2 Å². The van der Waals surface area contributed by atoms with Crippen molar-refractivity contribution in [3.05, 3.63) is 65.3 Å². The normalized spacial score (nSPS) is 14.5. The van der Waals surface area contributed by atoms with E-state index in [1.54, 1.807) is 18.3 Å². The van der Waals surface area contributed by atoms with Crippen LogP contribution in [0.15, 0.2) is 54.7 Å². The molecule has 0 spiro atoms. The molecule has 1 fully saturated rings. The zero-order valence-electron chi connectivity index (χ0n) is 19.3. The number of fused-ring (bicyclic) bond motifs is 1. The van der Waals surface area contributed by atoms with E-state index < -0.39 is 11.7 Å². The highest BCUT2D eigenvalue weighted by molar-refractivity contribution is 6.37. The molecule has 1 saturated heterocycles. The first-order chi connectivity index (χ1) is 16.8. The summed E-state index contributed by atoms with van der Waals surface area (Å²) in [5.74, 6) is 0.117. The van der Waals surface area contributed by atoms with Gasteiger partial charge in [-0.3, -0.25) is 0 Å². The van der Waals surface area contributed by atoms with Gasteiger partial charge < -0.3 is 19.5 Å². The fraction of sp³-hybridized carbons (Fsp3) is 0.269. The molecule has 0 bridgehead atoms. The minimum atomic E-state index is -4.53. The number of rotatable bonds is 4. The Bertz CT molecular complexity index is 1380. The Morgan fingerprint density at radius 1 is 1.00 bits per heavy atom. The standard InChI is InChI=1S/C26H24ClF3N4O/c1-33-24(16-3-5-19(6-4-16)34-11-9-31-10-12-34)22(23-21(27)7-8-32-25(23)33)17-13-18(26(28,29)30)15-20(14-17)35-2/h3-8,13-15,31H,9-12H2,1-2H3. The van der Waals surface area contributed by atoms with Crippen LogP contribution in [0, 0.1) is 0 Å². The minimum Gasteiger partial charge on any atom is -0.497 e. The number of pyridine rings is 1. The maximum absolute atomic E-state index is 13.7. The molecule has 1 aliphatic rings. The molecule has 5 nitrogen and oxygen atoms in total. The number of aryl methyl sites for hydroxylation is 1. The summed E-state index contributed by atoms with van der Waals surface area (Å²) in [5.41, 5.74) is 3.43. The van der Waals surface area contributed by atoms with E-state index in [-0.39, 0.29) is 5.75 Å². The topological polar surface area (TPSA) is 42.3 Å². The molecular weight excluding hydrogens is 477 g/mol. The van der Waals surface area contributed by atoms with Gasteiger partial charge in [0, 0.05) is 56.1 Å². The number of piperazine rings is 1. The first kappa shape index (κ1) is 23.5. The third-order valence-electron chi connectivity index (χ3n) is 6.40. The first-order valence-corrected chi connectivity index (χ1v) is 11.6. The van der Waals surface area contributed by atoms with Gasteiger partial charge in [-0.25, -0.2) is 4.98 Å². The number of hydrogen-bond donors (Lipinski definition) is 1.